The van der Waals surface area contributed by atoms with Gasteiger partial charge >= 0.3 is 0 Å². The van der Waals surface area contributed by atoms with Crippen LogP contribution in [-0.2, 0) is 4.74 Å². The molecule has 0 aromatic carbocycles. The Morgan fingerprint density at radius 2 is 2.00 bits per heavy atom. The molecule has 2 rings (SSSR count). The first-order chi connectivity index (χ1) is 6.45. The summed E-state index contributed by atoms with van der Waals surface area (Å²) in [6.07, 6.45) is 0.409. The molecule has 13 heavy (non-hydrogen) atoms. The third-order valence-corrected chi connectivity index (χ3v) is 2.68. The van der Waals surface area contributed by atoms with Gasteiger partial charge in [0.2, 0.25) is 0 Å². The van der Waals surface area contributed by atoms with E-state index in [1.54, 1.807) is 0 Å². The van der Waals surface area contributed by atoms with Crippen LogP contribution in [0.4, 0.5) is 0 Å². The number of nitrogens with one attached hydrogen (secondary N) is 2. The van der Waals surface area contributed by atoms with Gasteiger partial charge < -0.3 is 15.4 Å². The van der Waals surface area contributed by atoms with E-state index in [1.165, 1.54) is 13.1 Å². The zero-order valence-corrected chi connectivity index (χ0v) is 8.09. The van der Waals surface area contributed by atoms with E-state index in [4.69, 9.17) is 4.74 Å². The van der Waals surface area contributed by atoms with Crippen LogP contribution < -0.4 is 10.6 Å². The van der Waals surface area contributed by atoms with Crippen molar-refractivity contribution in [3.63, 3.8) is 0 Å². The highest BCUT2D eigenvalue weighted by molar-refractivity contribution is 4.75. The van der Waals surface area contributed by atoms with Crippen molar-refractivity contribution in [3.05, 3.63) is 0 Å². The topological polar surface area (TPSA) is 36.5 Å². The first kappa shape index (κ1) is 9.40. The van der Waals surface area contributed by atoms with E-state index in [-0.39, 0.29) is 0 Å². The first-order valence-corrected chi connectivity index (χ1v) is 5.20. The fourth-order valence-corrected chi connectivity index (χ4v) is 1.92. The van der Waals surface area contributed by atoms with E-state index in [1.807, 2.05) is 0 Å². The van der Waals surface area contributed by atoms with Gasteiger partial charge in [-0.25, -0.2) is 0 Å². The van der Waals surface area contributed by atoms with E-state index in [2.05, 4.69) is 15.5 Å². The molecule has 0 aliphatic carbocycles. The Morgan fingerprint density at radius 3 is 2.69 bits per heavy atom. The molecule has 2 saturated heterocycles. The molecule has 4 heteroatoms. The molecular formula is C9H19N3O. The first-order valence-electron chi connectivity index (χ1n) is 5.20. The minimum absolute atomic E-state index is 0.409. The lowest BCUT2D eigenvalue weighted by Crippen LogP contribution is -2.50. The van der Waals surface area contributed by atoms with Gasteiger partial charge in [-0.1, -0.05) is 0 Å². The Bertz CT molecular complexity index is 126. The SMILES string of the molecule is C1CN(C[C@H]2CNCCO2)CCN1. The summed E-state index contributed by atoms with van der Waals surface area (Å²) >= 11 is 0. The molecule has 0 saturated carbocycles. The van der Waals surface area contributed by atoms with Crippen LogP contribution in [0.25, 0.3) is 0 Å². The Morgan fingerprint density at radius 1 is 1.15 bits per heavy atom. The molecule has 76 valence electrons. The lowest BCUT2D eigenvalue weighted by atomic mass is 10.2. The number of hydrogen-bond acceptors (Lipinski definition) is 4. The van der Waals surface area contributed by atoms with Crippen molar-refractivity contribution in [2.45, 2.75) is 6.10 Å². The van der Waals surface area contributed by atoms with Crippen LogP contribution in [0.2, 0.25) is 0 Å². The van der Waals surface area contributed by atoms with Crippen LogP contribution in [0, 0.1) is 0 Å². The summed E-state index contributed by atoms with van der Waals surface area (Å²) < 4.78 is 5.66. The number of rotatable bonds is 2. The van der Waals surface area contributed by atoms with Crippen molar-refractivity contribution in [2.24, 2.45) is 0 Å². The van der Waals surface area contributed by atoms with Gasteiger partial charge in [0, 0.05) is 45.8 Å². The van der Waals surface area contributed by atoms with Gasteiger partial charge in [-0.05, 0) is 0 Å². The molecule has 0 radical (unpaired) electrons. The van der Waals surface area contributed by atoms with Crippen LogP contribution in [-0.4, -0.2) is 63.4 Å². The maximum absolute atomic E-state index is 5.66. The van der Waals surface area contributed by atoms with Crippen LogP contribution in [0.15, 0.2) is 0 Å². The summed E-state index contributed by atoms with van der Waals surface area (Å²) in [5.74, 6) is 0. The number of hydrogen-bond donors (Lipinski definition) is 2. The molecule has 2 aliphatic rings. The second kappa shape index (κ2) is 4.91. The average molecular weight is 185 g/mol. The molecule has 2 N–H and O–H groups in total. The largest absolute Gasteiger partial charge is 0.374 e. The lowest BCUT2D eigenvalue weighted by molar-refractivity contribution is 0.00360. The van der Waals surface area contributed by atoms with Crippen molar-refractivity contribution in [1.29, 1.82) is 0 Å². The molecule has 0 aromatic heterocycles. The van der Waals surface area contributed by atoms with E-state index in [0.717, 1.165) is 39.3 Å². The summed E-state index contributed by atoms with van der Waals surface area (Å²) in [5, 5.41) is 6.71. The minimum atomic E-state index is 0.409. The zero-order chi connectivity index (χ0) is 8.93. The highest BCUT2D eigenvalue weighted by Crippen LogP contribution is 2.01. The molecule has 1 atom stereocenters. The molecule has 0 unspecified atom stereocenters. The second-order valence-electron chi connectivity index (χ2n) is 3.75. The van der Waals surface area contributed by atoms with Crippen molar-refractivity contribution in [2.75, 3.05) is 52.4 Å². The molecule has 0 aromatic rings. The normalized spacial score (nSPS) is 31.8. The quantitative estimate of drug-likeness (QED) is 0.571. The number of piperazine rings is 1. The van der Waals surface area contributed by atoms with Crippen LogP contribution >= 0.6 is 0 Å². The highest BCUT2D eigenvalue weighted by atomic mass is 16.5. The average Bonchev–Trinajstić information content (AvgIpc) is 2.21. The van der Waals surface area contributed by atoms with Gasteiger partial charge in [0.1, 0.15) is 0 Å². The molecule has 2 fully saturated rings. The second-order valence-corrected chi connectivity index (χ2v) is 3.75. The third kappa shape index (κ3) is 2.91. The fraction of sp³-hybridized carbons (Fsp3) is 1.00. The zero-order valence-electron chi connectivity index (χ0n) is 8.09. The predicted molar refractivity (Wildman–Crippen MR) is 51.9 cm³/mol. The Labute approximate surface area is 79.6 Å². The van der Waals surface area contributed by atoms with Gasteiger partial charge in [0.05, 0.1) is 12.7 Å². The summed E-state index contributed by atoms with van der Waals surface area (Å²) in [7, 11) is 0. The Balaban J connectivity index is 1.69. The van der Waals surface area contributed by atoms with Gasteiger partial charge in [0.15, 0.2) is 0 Å². The number of morpholine rings is 1. The Hall–Kier alpha value is -0.160. The number of nitrogens with zero attached hydrogens (tertiary/aromatic N) is 1. The summed E-state index contributed by atoms with van der Waals surface area (Å²) in [5.41, 5.74) is 0. The molecule has 0 spiro atoms. The molecule has 0 bridgehead atoms. The minimum Gasteiger partial charge on any atom is -0.374 e. The molecular weight excluding hydrogens is 166 g/mol. The standard InChI is InChI=1S/C9H19N3O/c1-4-12(5-2-10-1)8-9-7-11-3-6-13-9/h9-11H,1-8H2/t9-/m1/s1. The van der Waals surface area contributed by atoms with Crippen LogP contribution in [0.3, 0.4) is 0 Å². The van der Waals surface area contributed by atoms with Crippen LogP contribution in [0.1, 0.15) is 0 Å². The van der Waals surface area contributed by atoms with E-state index >= 15 is 0 Å². The molecule has 2 heterocycles. The maximum Gasteiger partial charge on any atom is 0.0826 e. The smallest absolute Gasteiger partial charge is 0.0826 e. The summed E-state index contributed by atoms with van der Waals surface area (Å²) in [6, 6.07) is 0. The predicted octanol–water partition coefficient (Wildman–Crippen LogP) is -1.12. The van der Waals surface area contributed by atoms with Crippen molar-refractivity contribution in [3.8, 4) is 0 Å². The van der Waals surface area contributed by atoms with Gasteiger partial charge in [-0.2, -0.15) is 0 Å². The van der Waals surface area contributed by atoms with Crippen molar-refractivity contribution in [1.82, 2.24) is 15.5 Å². The van der Waals surface area contributed by atoms with E-state index in [0.29, 0.717) is 6.10 Å². The van der Waals surface area contributed by atoms with E-state index < -0.39 is 0 Å². The number of ether oxygens (including phenoxy) is 1. The summed E-state index contributed by atoms with van der Waals surface area (Å²) in [6.45, 7) is 8.58. The van der Waals surface area contributed by atoms with Crippen molar-refractivity contribution < 1.29 is 4.74 Å². The lowest BCUT2D eigenvalue weighted by Gasteiger charge is -2.32. The van der Waals surface area contributed by atoms with Gasteiger partial charge in [-0.3, -0.25) is 4.90 Å². The molecule has 4 nitrogen and oxygen atoms in total. The monoisotopic (exact) mass is 185 g/mol. The molecule has 2 aliphatic heterocycles. The van der Waals surface area contributed by atoms with Gasteiger partial charge in [0.25, 0.3) is 0 Å². The maximum atomic E-state index is 5.66. The highest BCUT2D eigenvalue weighted by Gasteiger charge is 2.18. The molecule has 0 amide bonds. The Kier molecular flexibility index (Phi) is 3.55. The summed E-state index contributed by atoms with van der Waals surface area (Å²) in [4.78, 5) is 2.48. The van der Waals surface area contributed by atoms with E-state index in [9.17, 15) is 0 Å². The van der Waals surface area contributed by atoms with Crippen molar-refractivity contribution >= 4 is 0 Å². The van der Waals surface area contributed by atoms with Crippen LogP contribution in [0.5, 0.6) is 0 Å². The van der Waals surface area contributed by atoms with Gasteiger partial charge in [-0.15, -0.1) is 0 Å². The fourth-order valence-electron chi connectivity index (χ4n) is 1.92. The third-order valence-electron chi connectivity index (χ3n) is 2.68.